The van der Waals surface area contributed by atoms with Crippen molar-refractivity contribution < 1.29 is 12.8 Å². The lowest BCUT2D eigenvalue weighted by Gasteiger charge is -2.05. The highest BCUT2D eigenvalue weighted by molar-refractivity contribution is 7.89. The molecule has 6 heteroatoms. The molecule has 0 aliphatic rings. The first-order valence-electron chi connectivity index (χ1n) is 5.91. The van der Waals surface area contributed by atoms with E-state index < -0.39 is 10.0 Å². The molecule has 0 atom stereocenters. The zero-order valence-electron chi connectivity index (χ0n) is 10.7. The number of nitrogens with two attached hydrogens (primary N) is 1. The summed E-state index contributed by atoms with van der Waals surface area (Å²) in [5.74, 6) is 5.54. The van der Waals surface area contributed by atoms with Crippen LogP contribution in [0, 0.1) is 11.8 Å². The molecule has 0 aliphatic heterocycles. The molecule has 0 radical (unpaired) electrons. The third kappa shape index (κ3) is 3.71. The van der Waals surface area contributed by atoms with E-state index in [1.807, 2.05) is 0 Å². The van der Waals surface area contributed by atoms with Crippen molar-refractivity contribution in [2.75, 3.05) is 6.54 Å². The minimum Gasteiger partial charge on any atom is -0.472 e. The molecule has 2 rings (SSSR count). The van der Waals surface area contributed by atoms with Crippen LogP contribution in [0.25, 0.3) is 0 Å². The number of hydrogen-bond acceptors (Lipinski definition) is 4. The minimum atomic E-state index is -3.54. The fourth-order valence-corrected chi connectivity index (χ4v) is 2.54. The summed E-state index contributed by atoms with van der Waals surface area (Å²) in [6.45, 7) is 0.458. The van der Waals surface area contributed by atoms with Crippen molar-refractivity contribution in [3.05, 3.63) is 54.0 Å². The van der Waals surface area contributed by atoms with Gasteiger partial charge in [-0.15, -0.1) is 0 Å². The summed E-state index contributed by atoms with van der Waals surface area (Å²) in [5.41, 5.74) is 6.76. The summed E-state index contributed by atoms with van der Waals surface area (Å²) in [5, 5.41) is 0. The van der Waals surface area contributed by atoms with Gasteiger partial charge in [0.2, 0.25) is 10.0 Å². The van der Waals surface area contributed by atoms with Gasteiger partial charge < -0.3 is 10.2 Å². The van der Waals surface area contributed by atoms with Crippen molar-refractivity contribution in [2.24, 2.45) is 5.73 Å². The van der Waals surface area contributed by atoms with Crippen molar-refractivity contribution in [1.82, 2.24) is 4.72 Å². The number of rotatable bonds is 4. The van der Waals surface area contributed by atoms with E-state index in [1.54, 1.807) is 18.2 Å². The second-order valence-electron chi connectivity index (χ2n) is 3.99. The van der Waals surface area contributed by atoms with Crippen molar-refractivity contribution >= 4 is 10.0 Å². The molecule has 0 saturated heterocycles. The Morgan fingerprint density at radius 3 is 2.55 bits per heavy atom. The fourth-order valence-electron chi connectivity index (χ4n) is 1.53. The van der Waals surface area contributed by atoms with E-state index in [0.29, 0.717) is 0 Å². The highest BCUT2D eigenvalue weighted by Crippen LogP contribution is 2.11. The maximum atomic E-state index is 12.1. The molecule has 0 aliphatic carbocycles. The third-order valence-electron chi connectivity index (χ3n) is 2.55. The highest BCUT2D eigenvalue weighted by atomic mass is 32.2. The van der Waals surface area contributed by atoms with Crippen molar-refractivity contribution in [1.29, 1.82) is 0 Å². The summed E-state index contributed by atoms with van der Waals surface area (Å²) < 4.78 is 31.5. The van der Waals surface area contributed by atoms with Crippen LogP contribution in [-0.4, -0.2) is 15.0 Å². The van der Waals surface area contributed by atoms with E-state index in [2.05, 4.69) is 16.6 Å². The predicted molar refractivity (Wildman–Crippen MR) is 75.1 cm³/mol. The third-order valence-corrected chi connectivity index (χ3v) is 3.96. The number of benzene rings is 1. The van der Waals surface area contributed by atoms with Crippen LogP contribution in [0.5, 0.6) is 0 Å². The van der Waals surface area contributed by atoms with Crippen LogP contribution in [0.1, 0.15) is 11.1 Å². The molecule has 0 spiro atoms. The Kier molecular flexibility index (Phi) is 4.58. The molecule has 1 heterocycles. The Balaban J connectivity index is 2.09. The van der Waals surface area contributed by atoms with Gasteiger partial charge >= 0.3 is 0 Å². The van der Waals surface area contributed by atoms with E-state index >= 15 is 0 Å². The molecule has 1 aromatic carbocycles. The molecular weight excluding hydrogens is 276 g/mol. The van der Waals surface area contributed by atoms with Crippen LogP contribution < -0.4 is 10.5 Å². The molecule has 0 bridgehead atoms. The molecule has 3 N–H and O–H groups in total. The molecule has 0 unspecified atom stereocenters. The zero-order chi connectivity index (χ0) is 14.4. The first-order valence-corrected chi connectivity index (χ1v) is 7.40. The summed E-state index contributed by atoms with van der Waals surface area (Å²) in [6.07, 6.45) is 2.99. The Bertz CT molecular complexity index is 708. The molecule has 0 saturated carbocycles. The van der Waals surface area contributed by atoms with Gasteiger partial charge in [-0.3, -0.25) is 0 Å². The maximum Gasteiger partial charge on any atom is 0.240 e. The smallest absolute Gasteiger partial charge is 0.240 e. The van der Waals surface area contributed by atoms with Crippen LogP contribution in [0.3, 0.4) is 0 Å². The van der Waals surface area contributed by atoms with E-state index in [1.165, 1.54) is 24.7 Å². The largest absolute Gasteiger partial charge is 0.472 e. The molecule has 1 aromatic heterocycles. The lowest BCUT2D eigenvalue weighted by atomic mass is 10.2. The Morgan fingerprint density at radius 2 is 1.95 bits per heavy atom. The van der Waals surface area contributed by atoms with Gasteiger partial charge in [-0.05, 0) is 30.3 Å². The van der Waals surface area contributed by atoms with E-state index in [9.17, 15) is 8.42 Å². The Morgan fingerprint density at radius 1 is 1.20 bits per heavy atom. The predicted octanol–water partition coefficient (Wildman–Crippen LogP) is 1.07. The normalized spacial score (nSPS) is 10.8. The Hall–Kier alpha value is -2.07. The number of sulfonamides is 1. The molecule has 0 fully saturated rings. The lowest BCUT2D eigenvalue weighted by Crippen LogP contribution is -2.22. The first-order chi connectivity index (χ1) is 9.62. The minimum absolute atomic E-state index is 0.188. The van der Waals surface area contributed by atoms with Crippen molar-refractivity contribution in [3.63, 3.8) is 0 Å². The van der Waals surface area contributed by atoms with Gasteiger partial charge in [0.25, 0.3) is 0 Å². The van der Waals surface area contributed by atoms with E-state index in [-0.39, 0.29) is 18.0 Å². The number of furan rings is 1. The molecule has 2 aromatic rings. The van der Waals surface area contributed by atoms with Crippen molar-refractivity contribution in [3.8, 4) is 11.8 Å². The standard InChI is InChI=1S/C14H14N2O3S/c15-8-1-2-12-3-5-14(6-4-12)20(17,18)16-10-13-7-9-19-11-13/h3-7,9,11,16H,8,10,15H2. The van der Waals surface area contributed by atoms with Crippen molar-refractivity contribution in [2.45, 2.75) is 11.4 Å². The van der Waals surface area contributed by atoms with E-state index in [4.69, 9.17) is 10.2 Å². The summed E-state index contributed by atoms with van der Waals surface area (Å²) in [6, 6.07) is 8.02. The second kappa shape index (κ2) is 6.39. The van der Waals surface area contributed by atoms with E-state index in [0.717, 1.165) is 11.1 Å². The van der Waals surface area contributed by atoms with Crippen LogP contribution in [0.2, 0.25) is 0 Å². The average molecular weight is 290 g/mol. The second-order valence-corrected chi connectivity index (χ2v) is 5.75. The quantitative estimate of drug-likeness (QED) is 0.825. The molecule has 20 heavy (non-hydrogen) atoms. The van der Waals surface area contributed by atoms with Crippen LogP contribution >= 0.6 is 0 Å². The van der Waals surface area contributed by atoms with Crippen LogP contribution in [-0.2, 0) is 16.6 Å². The lowest BCUT2D eigenvalue weighted by molar-refractivity contribution is 0.561. The van der Waals surface area contributed by atoms with Gasteiger partial charge in [-0.25, -0.2) is 13.1 Å². The highest BCUT2D eigenvalue weighted by Gasteiger charge is 2.13. The summed E-state index contributed by atoms with van der Waals surface area (Å²) >= 11 is 0. The van der Waals surface area contributed by atoms with Gasteiger partial charge in [0.1, 0.15) is 0 Å². The van der Waals surface area contributed by atoms with Gasteiger partial charge in [0, 0.05) is 17.7 Å². The zero-order valence-corrected chi connectivity index (χ0v) is 11.5. The van der Waals surface area contributed by atoms with Gasteiger partial charge in [-0.1, -0.05) is 11.8 Å². The fraction of sp³-hybridized carbons (Fsp3) is 0.143. The Labute approximate surface area is 117 Å². The molecule has 0 amide bonds. The summed E-state index contributed by atoms with van der Waals surface area (Å²) in [7, 11) is -3.54. The first kappa shape index (κ1) is 14.3. The monoisotopic (exact) mass is 290 g/mol. The van der Waals surface area contributed by atoms with Gasteiger partial charge in [-0.2, -0.15) is 0 Å². The number of nitrogens with one attached hydrogen (secondary N) is 1. The average Bonchev–Trinajstić information content (AvgIpc) is 2.97. The van der Waals surface area contributed by atoms with Crippen LogP contribution in [0.4, 0.5) is 0 Å². The number of hydrogen-bond donors (Lipinski definition) is 2. The molecule has 104 valence electrons. The van der Waals surface area contributed by atoms with Crippen LogP contribution in [0.15, 0.2) is 52.2 Å². The summed E-state index contributed by atoms with van der Waals surface area (Å²) in [4.78, 5) is 0.194. The SMILES string of the molecule is NCC#Cc1ccc(S(=O)(=O)NCc2ccoc2)cc1. The molecule has 5 nitrogen and oxygen atoms in total. The maximum absolute atomic E-state index is 12.1. The topological polar surface area (TPSA) is 85.3 Å². The van der Waals surface area contributed by atoms with Gasteiger partial charge in [0.05, 0.1) is 24.0 Å². The molecular formula is C14H14N2O3S. The van der Waals surface area contributed by atoms with Gasteiger partial charge in [0.15, 0.2) is 0 Å².